The molecule has 0 N–H and O–H groups in total. The third kappa shape index (κ3) is 1.97. The van der Waals surface area contributed by atoms with E-state index in [2.05, 4.69) is 6.07 Å². The number of fused-ring (bicyclic) bond motifs is 1. The lowest BCUT2D eigenvalue weighted by atomic mass is 9.99. The maximum atomic E-state index is 11.8. The Labute approximate surface area is 117 Å². The van der Waals surface area contributed by atoms with Gasteiger partial charge in [-0.1, -0.05) is 30.3 Å². The molecule has 3 rings (SSSR count). The van der Waals surface area contributed by atoms with Crippen LogP contribution in [-0.2, 0) is 11.8 Å². The summed E-state index contributed by atoms with van der Waals surface area (Å²) in [5, 5.41) is 1.13. The molecule has 20 heavy (non-hydrogen) atoms. The van der Waals surface area contributed by atoms with Crippen molar-refractivity contribution < 1.29 is 9.53 Å². The minimum atomic E-state index is -0.315. The summed E-state index contributed by atoms with van der Waals surface area (Å²) >= 11 is 0. The Balaban J connectivity index is 2.32. The van der Waals surface area contributed by atoms with Crippen molar-refractivity contribution in [1.29, 1.82) is 0 Å². The number of rotatable bonds is 2. The van der Waals surface area contributed by atoms with E-state index in [0.717, 1.165) is 22.0 Å². The van der Waals surface area contributed by atoms with Gasteiger partial charge in [0, 0.05) is 24.1 Å². The van der Waals surface area contributed by atoms with Crippen molar-refractivity contribution in [3.8, 4) is 11.1 Å². The molecular formula is C17H15NO2. The fourth-order valence-corrected chi connectivity index (χ4v) is 2.46. The van der Waals surface area contributed by atoms with Crippen LogP contribution in [0.25, 0.3) is 22.0 Å². The van der Waals surface area contributed by atoms with Crippen LogP contribution in [0.1, 0.15) is 10.4 Å². The van der Waals surface area contributed by atoms with E-state index in [4.69, 9.17) is 4.74 Å². The van der Waals surface area contributed by atoms with Crippen molar-refractivity contribution in [1.82, 2.24) is 4.57 Å². The van der Waals surface area contributed by atoms with Crippen LogP contribution in [0.5, 0.6) is 0 Å². The normalized spacial score (nSPS) is 10.7. The molecule has 2 aromatic carbocycles. The van der Waals surface area contributed by atoms with Gasteiger partial charge in [-0.25, -0.2) is 4.79 Å². The standard InChI is InChI=1S/C17H15NO2/c1-18-9-8-14-15(12-6-4-3-5-7-12)10-13(11-16(14)18)17(19)20-2/h3-11H,1-2H3. The highest BCUT2D eigenvalue weighted by atomic mass is 16.5. The molecule has 0 aliphatic rings. The first-order valence-electron chi connectivity index (χ1n) is 6.43. The molecule has 3 nitrogen and oxygen atoms in total. The maximum Gasteiger partial charge on any atom is 0.337 e. The van der Waals surface area contributed by atoms with E-state index in [-0.39, 0.29) is 5.97 Å². The van der Waals surface area contributed by atoms with Crippen LogP contribution in [0, 0.1) is 0 Å². The minimum absolute atomic E-state index is 0.315. The third-order valence-corrected chi connectivity index (χ3v) is 3.51. The van der Waals surface area contributed by atoms with Gasteiger partial charge in [0.2, 0.25) is 0 Å². The lowest BCUT2D eigenvalue weighted by molar-refractivity contribution is 0.0601. The van der Waals surface area contributed by atoms with Crippen molar-refractivity contribution in [3.05, 3.63) is 60.3 Å². The van der Waals surface area contributed by atoms with Crippen LogP contribution in [0.15, 0.2) is 54.7 Å². The smallest absolute Gasteiger partial charge is 0.337 e. The fraction of sp³-hybridized carbons (Fsp3) is 0.118. The number of carbonyl (C=O) groups is 1. The van der Waals surface area contributed by atoms with Gasteiger partial charge in [-0.15, -0.1) is 0 Å². The first-order chi connectivity index (χ1) is 9.70. The number of hydrogen-bond acceptors (Lipinski definition) is 2. The Morgan fingerprint density at radius 3 is 2.55 bits per heavy atom. The highest BCUT2D eigenvalue weighted by molar-refractivity contribution is 6.02. The molecule has 3 heteroatoms. The molecule has 0 unspecified atom stereocenters. The molecule has 3 aromatic rings. The SMILES string of the molecule is COC(=O)c1cc(-c2ccccc2)c2ccn(C)c2c1. The molecule has 0 aliphatic carbocycles. The van der Waals surface area contributed by atoms with E-state index >= 15 is 0 Å². The Hall–Kier alpha value is -2.55. The van der Waals surface area contributed by atoms with Gasteiger partial charge in [0.05, 0.1) is 12.7 Å². The van der Waals surface area contributed by atoms with Gasteiger partial charge in [0.25, 0.3) is 0 Å². The van der Waals surface area contributed by atoms with Crippen molar-refractivity contribution >= 4 is 16.9 Å². The Kier molecular flexibility index (Phi) is 3.03. The number of aryl methyl sites for hydroxylation is 1. The van der Waals surface area contributed by atoms with Crippen molar-refractivity contribution in [2.45, 2.75) is 0 Å². The van der Waals surface area contributed by atoms with Crippen LogP contribution in [0.2, 0.25) is 0 Å². The van der Waals surface area contributed by atoms with E-state index in [1.165, 1.54) is 7.11 Å². The molecule has 0 bridgehead atoms. The number of carbonyl (C=O) groups excluding carboxylic acids is 1. The van der Waals surface area contributed by atoms with Gasteiger partial charge < -0.3 is 9.30 Å². The van der Waals surface area contributed by atoms with Gasteiger partial charge in [-0.3, -0.25) is 0 Å². The summed E-state index contributed by atoms with van der Waals surface area (Å²) in [4.78, 5) is 11.8. The summed E-state index contributed by atoms with van der Waals surface area (Å²) in [6, 6.07) is 15.9. The number of aromatic nitrogens is 1. The van der Waals surface area contributed by atoms with Crippen LogP contribution >= 0.6 is 0 Å². The average Bonchev–Trinajstić information content (AvgIpc) is 2.88. The molecule has 0 amide bonds. The number of ether oxygens (including phenoxy) is 1. The summed E-state index contributed by atoms with van der Waals surface area (Å²) in [5.41, 5.74) is 3.73. The van der Waals surface area contributed by atoms with Crippen LogP contribution in [0.4, 0.5) is 0 Å². The van der Waals surface area contributed by atoms with E-state index in [1.807, 2.05) is 60.3 Å². The lowest BCUT2D eigenvalue weighted by Gasteiger charge is -2.08. The van der Waals surface area contributed by atoms with Gasteiger partial charge in [0.15, 0.2) is 0 Å². The second-order valence-electron chi connectivity index (χ2n) is 4.74. The Morgan fingerprint density at radius 2 is 1.85 bits per heavy atom. The Bertz CT molecular complexity index is 772. The molecule has 1 heterocycles. The topological polar surface area (TPSA) is 31.2 Å². The highest BCUT2D eigenvalue weighted by Crippen LogP contribution is 2.30. The first kappa shape index (κ1) is 12.5. The van der Waals surface area contributed by atoms with Gasteiger partial charge >= 0.3 is 5.97 Å². The quantitative estimate of drug-likeness (QED) is 0.662. The predicted molar refractivity (Wildman–Crippen MR) is 79.7 cm³/mol. The summed E-state index contributed by atoms with van der Waals surface area (Å²) in [6.07, 6.45) is 2.00. The number of nitrogens with zero attached hydrogens (tertiary/aromatic N) is 1. The molecular weight excluding hydrogens is 250 g/mol. The number of benzene rings is 2. The summed E-state index contributed by atoms with van der Waals surface area (Å²) in [5.74, 6) is -0.315. The zero-order valence-corrected chi connectivity index (χ0v) is 11.5. The number of methoxy groups -OCH3 is 1. The van der Waals surface area contributed by atoms with E-state index in [0.29, 0.717) is 5.56 Å². The summed E-state index contributed by atoms with van der Waals surface area (Å²) in [6.45, 7) is 0. The molecule has 100 valence electrons. The van der Waals surface area contributed by atoms with E-state index in [1.54, 1.807) is 0 Å². The largest absolute Gasteiger partial charge is 0.465 e. The summed E-state index contributed by atoms with van der Waals surface area (Å²) in [7, 11) is 3.37. The van der Waals surface area contributed by atoms with Crippen LogP contribution in [0.3, 0.4) is 0 Å². The molecule has 0 saturated heterocycles. The van der Waals surface area contributed by atoms with Gasteiger partial charge in [-0.2, -0.15) is 0 Å². The molecule has 0 saturated carbocycles. The Morgan fingerprint density at radius 1 is 1.10 bits per heavy atom. The summed E-state index contributed by atoms with van der Waals surface area (Å²) < 4.78 is 6.85. The first-order valence-corrected chi connectivity index (χ1v) is 6.43. The predicted octanol–water partition coefficient (Wildman–Crippen LogP) is 3.63. The van der Waals surface area contributed by atoms with E-state index in [9.17, 15) is 4.79 Å². The molecule has 0 aliphatic heterocycles. The minimum Gasteiger partial charge on any atom is -0.465 e. The number of esters is 1. The van der Waals surface area contributed by atoms with Crippen molar-refractivity contribution in [2.75, 3.05) is 7.11 Å². The maximum absolute atomic E-state index is 11.8. The van der Waals surface area contributed by atoms with Gasteiger partial charge in [0.1, 0.15) is 0 Å². The average molecular weight is 265 g/mol. The molecule has 0 atom stereocenters. The zero-order valence-electron chi connectivity index (χ0n) is 11.5. The highest BCUT2D eigenvalue weighted by Gasteiger charge is 2.13. The second-order valence-corrected chi connectivity index (χ2v) is 4.74. The van der Waals surface area contributed by atoms with Gasteiger partial charge in [-0.05, 0) is 29.3 Å². The molecule has 1 aromatic heterocycles. The van der Waals surface area contributed by atoms with Crippen molar-refractivity contribution in [2.24, 2.45) is 7.05 Å². The fourth-order valence-electron chi connectivity index (χ4n) is 2.46. The monoisotopic (exact) mass is 265 g/mol. The van der Waals surface area contributed by atoms with Crippen LogP contribution < -0.4 is 0 Å². The van der Waals surface area contributed by atoms with Crippen LogP contribution in [-0.4, -0.2) is 17.6 Å². The molecule has 0 radical (unpaired) electrons. The molecule has 0 spiro atoms. The zero-order chi connectivity index (χ0) is 14.1. The molecule has 0 fully saturated rings. The number of hydrogen-bond donors (Lipinski definition) is 0. The van der Waals surface area contributed by atoms with E-state index < -0.39 is 0 Å². The second kappa shape index (κ2) is 4.85. The van der Waals surface area contributed by atoms with Crippen molar-refractivity contribution in [3.63, 3.8) is 0 Å². The lowest BCUT2D eigenvalue weighted by Crippen LogP contribution is -2.02. The third-order valence-electron chi connectivity index (χ3n) is 3.51.